The van der Waals surface area contributed by atoms with Gasteiger partial charge in [-0.15, -0.1) is 0 Å². The number of nitro benzene ring substituents is 1. The van der Waals surface area contributed by atoms with E-state index >= 15 is 0 Å². The topological polar surface area (TPSA) is 98.3 Å². The second-order valence-corrected chi connectivity index (χ2v) is 4.75. The summed E-state index contributed by atoms with van der Waals surface area (Å²) in [7, 11) is 0. The van der Waals surface area contributed by atoms with Gasteiger partial charge < -0.3 is 11.1 Å². The van der Waals surface area contributed by atoms with Crippen LogP contribution >= 0.6 is 11.6 Å². The molecule has 21 heavy (non-hydrogen) atoms. The number of rotatable bonds is 5. The molecule has 0 unspecified atom stereocenters. The van der Waals surface area contributed by atoms with Crippen molar-refractivity contribution in [3.63, 3.8) is 0 Å². The lowest BCUT2D eigenvalue weighted by molar-refractivity contribution is -0.384. The van der Waals surface area contributed by atoms with Crippen molar-refractivity contribution >= 4 is 28.9 Å². The zero-order chi connectivity index (χ0) is 15.4. The molecule has 2 rings (SSSR count). The first kappa shape index (κ1) is 14.8. The highest BCUT2D eigenvalue weighted by Crippen LogP contribution is 2.27. The van der Waals surface area contributed by atoms with Gasteiger partial charge in [-0.2, -0.15) is 0 Å². The van der Waals surface area contributed by atoms with Crippen LogP contribution < -0.4 is 11.1 Å². The molecule has 0 aliphatic heterocycles. The van der Waals surface area contributed by atoms with Gasteiger partial charge in [0.05, 0.1) is 4.92 Å². The molecule has 1 amide bonds. The third-order valence-electron chi connectivity index (χ3n) is 2.85. The number of halogens is 1. The van der Waals surface area contributed by atoms with E-state index in [0.29, 0.717) is 17.8 Å². The molecule has 0 aliphatic rings. The Kier molecular flexibility index (Phi) is 4.39. The molecule has 0 radical (unpaired) electrons. The van der Waals surface area contributed by atoms with Gasteiger partial charge in [0.1, 0.15) is 5.02 Å². The maximum atomic E-state index is 11.1. The molecule has 108 valence electrons. The van der Waals surface area contributed by atoms with Crippen molar-refractivity contribution in [2.24, 2.45) is 5.73 Å². The van der Waals surface area contributed by atoms with Crippen molar-refractivity contribution in [2.75, 3.05) is 5.32 Å². The van der Waals surface area contributed by atoms with Gasteiger partial charge in [-0.1, -0.05) is 23.7 Å². The average Bonchev–Trinajstić information content (AvgIpc) is 2.46. The van der Waals surface area contributed by atoms with Gasteiger partial charge in [0.2, 0.25) is 5.91 Å². The summed E-state index contributed by atoms with van der Waals surface area (Å²) in [6.07, 6.45) is 0. The summed E-state index contributed by atoms with van der Waals surface area (Å²) in [6.45, 7) is 0.403. The largest absolute Gasteiger partial charge is 0.381 e. The minimum atomic E-state index is -0.540. The van der Waals surface area contributed by atoms with Gasteiger partial charge in [-0.25, -0.2) is 0 Å². The molecule has 0 fully saturated rings. The van der Waals surface area contributed by atoms with Gasteiger partial charge in [0, 0.05) is 23.9 Å². The number of carbonyl (C=O) groups is 1. The molecule has 0 bridgehead atoms. The van der Waals surface area contributed by atoms with Crippen LogP contribution in [0, 0.1) is 10.1 Å². The monoisotopic (exact) mass is 305 g/mol. The van der Waals surface area contributed by atoms with Crippen molar-refractivity contribution in [3.8, 4) is 0 Å². The van der Waals surface area contributed by atoms with Crippen LogP contribution in [0.15, 0.2) is 42.5 Å². The zero-order valence-corrected chi connectivity index (χ0v) is 11.6. The summed E-state index contributed by atoms with van der Waals surface area (Å²) in [6, 6.07) is 11.3. The van der Waals surface area contributed by atoms with Gasteiger partial charge in [0.25, 0.3) is 5.69 Å². The first-order chi connectivity index (χ1) is 9.97. The number of nitrogens with two attached hydrogens (primary N) is 1. The molecule has 3 N–H and O–H groups in total. The van der Waals surface area contributed by atoms with Crippen molar-refractivity contribution < 1.29 is 9.72 Å². The highest BCUT2D eigenvalue weighted by Gasteiger charge is 2.12. The lowest BCUT2D eigenvalue weighted by Gasteiger charge is -2.08. The molecular formula is C14H12ClN3O3. The Hall–Kier alpha value is -2.60. The molecule has 6 nitrogen and oxygen atoms in total. The Bertz CT molecular complexity index is 704. The maximum Gasteiger partial charge on any atom is 0.289 e. The Morgan fingerprint density at radius 2 is 2.05 bits per heavy atom. The number of nitro groups is 1. The van der Waals surface area contributed by atoms with E-state index in [1.54, 1.807) is 24.3 Å². The predicted octanol–water partition coefficient (Wildman–Crippen LogP) is 2.96. The number of nitrogens with one attached hydrogen (secondary N) is 1. The summed E-state index contributed by atoms with van der Waals surface area (Å²) in [5, 5.41) is 13.9. The van der Waals surface area contributed by atoms with E-state index in [9.17, 15) is 14.9 Å². The number of carbonyl (C=O) groups excluding carboxylic acids is 1. The van der Waals surface area contributed by atoms with E-state index in [1.807, 2.05) is 6.07 Å². The Labute approximate surface area is 125 Å². The Morgan fingerprint density at radius 3 is 2.71 bits per heavy atom. The Morgan fingerprint density at radius 1 is 1.29 bits per heavy atom. The second-order valence-electron chi connectivity index (χ2n) is 4.34. The Balaban J connectivity index is 2.13. The van der Waals surface area contributed by atoms with E-state index in [0.717, 1.165) is 5.56 Å². The summed E-state index contributed by atoms with van der Waals surface area (Å²) in [4.78, 5) is 21.4. The van der Waals surface area contributed by atoms with Crippen LogP contribution in [0.3, 0.4) is 0 Å². The molecule has 0 heterocycles. The molecular weight excluding hydrogens is 294 g/mol. The van der Waals surface area contributed by atoms with Crippen LogP contribution in [0.1, 0.15) is 15.9 Å². The number of hydrogen-bond donors (Lipinski definition) is 2. The molecule has 0 aliphatic carbocycles. The van der Waals surface area contributed by atoms with Crippen LogP contribution in [0.5, 0.6) is 0 Å². The number of hydrogen-bond acceptors (Lipinski definition) is 4. The summed E-state index contributed by atoms with van der Waals surface area (Å²) < 4.78 is 0. The number of nitrogens with zero attached hydrogens (tertiary/aromatic N) is 1. The average molecular weight is 306 g/mol. The van der Waals surface area contributed by atoms with E-state index in [2.05, 4.69) is 5.32 Å². The van der Waals surface area contributed by atoms with Gasteiger partial charge in [-0.3, -0.25) is 14.9 Å². The predicted molar refractivity (Wildman–Crippen MR) is 80.4 cm³/mol. The molecule has 2 aromatic carbocycles. The van der Waals surface area contributed by atoms with Gasteiger partial charge in [0.15, 0.2) is 0 Å². The summed E-state index contributed by atoms with van der Waals surface area (Å²) >= 11 is 5.74. The molecule has 0 spiro atoms. The van der Waals surface area contributed by atoms with E-state index in [-0.39, 0.29) is 10.7 Å². The van der Waals surface area contributed by atoms with E-state index in [1.165, 1.54) is 12.1 Å². The van der Waals surface area contributed by atoms with Crippen LogP contribution in [0.4, 0.5) is 11.4 Å². The first-order valence-electron chi connectivity index (χ1n) is 6.04. The van der Waals surface area contributed by atoms with Crippen molar-refractivity contribution in [1.82, 2.24) is 0 Å². The third-order valence-corrected chi connectivity index (χ3v) is 3.17. The van der Waals surface area contributed by atoms with Crippen molar-refractivity contribution in [1.29, 1.82) is 0 Å². The minimum absolute atomic E-state index is 0.0845. The van der Waals surface area contributed by atoms with Crippen molar-refractivity contribution in [3.05, 3.63) is 68.7 Å². The quantitative estimate of drug-likeness (QED) is 0.655. The van der Waals surface area contributed by atoms with E-state index < -0.39 is 10.8 Å². The fourth-order valence-corrected chi connectivity index (χ4v) is 1.99. The zero-order valence-electron chi connectivity index (χ0n) is 10.9. The van der Waals surface area contributed by atoms with E-state index in [4.69, 9.17) is 17.3 Å². The SMILES string of the molecule is NC(=O)c1cccc(CNc2ccc(Cl)c([N+](=O)[O-])c2)c1. The molecule has 0 saturated heterocycles. The fourth-order valence-electron chi connectivity index (χ4n) is 1.80. The lowest BCUT2D eigenvalue weighted by atomic mass is 10.1. The van der Waals surface area contributed by atoms with Crippen LogP contribution in [0.2, 0.25) is 5.02 Å². The van der Waals surface area contributed by atoms with Crippen LogP contribution in [0.25, 0.3) is 0 Å². The number of benzene rings is 2. The highest BCUT2D eigenvalue weighted by atomic mass is 35.5. The fraction of sp³-hybridized carbons (Fsp3) is 0.0714. The first-order valence-corrected chi connectivity index (χ1v) is 6.42. The molecule has 0 saturated carbocycles. The normalized spacial score (nSPS) is 10.1. The summed E-state index contributed by atoms with van der Waals surface area (Å²) in [5.41, 5.74) is 6.87. The number of anilines is 1. The standard InChI is InChI=1S/C14H12ClN3O3/c15-12-5-4-11(7-13(12)18(20)21)17-8-9-2-1-3-10(6-9)14(16)19/h1-7,17H,8H2,(H2,16,19). The van der Waals surface area contributed by atoms with Gasteiger partial charge in [-0.05, 0) is 29.8 Å². The van der Waals surface area contributed by atoms with Crippen molar-refractivity contribution in [2.45, 2.75) is 6.54 Å². The van der Waals surface area contributed by atoms with Gasteiger partial charge >= 0.3 is 0 Å². The lowest BCUT2D eigenvalue weighted by Crippen LogP contribution is -2.11. The second kappa shape index (κ2) is 6.23. The van der Waals surface area contributed by atoms with Crippen LogP contribution in [-0.2, 0) is 6.54 Å². The highest BCUT2D eigenvalue weighted by molar-refractivity contribution is 6.32. The molecule has 2 aromatic rings. The minimum Gasteiger partial charge on any atom is -0.381 e. The number of primary amides is 1. The molecule has 0 aromatic heterocycles. The maximum absolute atomic E-state index is 11.1. The molecule has 7 heteroatoms. The molecule has 0 atom stereocenters. The number of amides is 1. The van der Waals surface area contributed by atoms with Crippen LogP contribution in [-0.4, -0.2) is 10.8 Å². The summed E-state index contributed by atoms with van der Waals surface area (Å²) in [5.74, 6) is -0.501. The smallest absolute Gasteiger partial charge is 0.289 e. The third kappa shape index (κ3) is 3.70.